The van der Waals surface area contributed by atoms with Crippen molar-refractivity contribution in [3.05, 3.63) is 0 Å². The molecule has 2 saturated heterocycles. The lowest BCUT2D eigenvalue weighted by Gasteiger charge is -2.35. The van der Waals surface area contributed by atoms with Crippen molar-refractivity contribution in [2.24, 2.45) is 16.2 Å². The molecule has 0 N–H and O–H groups in total. The SMILES string of the molecule is CC1(C)COP(OCC(C)(C)COP2OCC(C)(C)CO2)OC1. The first-order chi connectivity index (χ1) is 10.6. The van der Waals surface area contributed by atoms with E-state index in [1.54, 1.807) is 0 Å². The molecule has 0 aliphatic carbocycles. The minimum atomic E-state index is -1.25. The van der Waals surface area contributed by atoms with E-state index in [0.29, 0.717) is 39.6 Å². The standard InChI is InChI=1S/C15H30O6P2/c1-13(2,7-16-22-18-9-14(3,4)10-19-22)8-17-23-20-11-15(5,6)12-21-23/h7-12H2,1-6H3. The van der Waals surface area contributed by atoms with Crippen molar-refractivity contribution in [1.82, 2.24) is 0 Å². The average Bonchev–Trinajstić information content (AvgIpc) is 2.45. The first-order valence-electron chi connectivity index (χ1n) is 7.95. The van der Waals surface area contributed by atoms with Crippen molar-refractivity contribution in [2.75, 3.05) is 39.6 Å². The van der Waals surface area contributed by atoms with Crippen LogP contribution < -0.4 is 0 Å². The third-order valence-electron chi connectivity index (χ3n) is 3.36. The Bertz CT molecular complexity index is 334. The summed E-state index contributed by atoms with van der Waals surface area (Å²) in [5.41, 5.74) is -0.0379. The highest BCUT2D eigenvalue weighted by atomic mass is 31.2. The van der Waals surface area contributed by atoms with E-state index >= 15 is 0 Å². The summed E-state index contributed by atoms with van der Waals surface area (Å²) in [7, 11) is -2.49. The Balaban J connectivity index is 1.65. The lowest BCUT2D eigenvalue weighted by Crippen LogP contribution is -2.31. The summed E-state index contributed by atoms with van der Waals surface area (Å²) in [6.07, 6.45) is 0. The Hall–Kier alpha value is 0.620. The van der Waals surface area contributed by atoms with Gasteiger partial charge in [-0.25, -0.2) is 0 Å². The Morgan fingerprint density at radius 2 is 1.04 bits per heavy atom. The van der Waals surface area contributed by atoms with Crippen molar-refractivity contribution in [3.63, 3.8) is 0 Å². The van der Waals surface area contributed by atoms with Crippen LogP contribution in [0.4, 0.5) is 0 Å². The molecule has 136 valence electrons. The second-order valence-corrected chi connectivity index (χ2v) is 11.0. The van der Waals surface area contributed by atoms with Crippen LogP contribution in [-0.2, 0) is 27.1 Å². The van der Waals surface area contributed by atoms with Crippen LogP contribution in [0.5, 0.6) is 0 Å². The van der Waals surface area contributed by atoms with Crippen LogP contribution in [0, 0.1) is 16.2 Å². The van der Waals surface area contributed by atoms with E-state index < -0.39 is 17.2 Å². The second-order valence-electron chi connectivity index (χ2n) is 8.58. The van der Waals surface area contributed by atoms with Crippen molar-refractivity contribution in [1.29, 1.82) is 0 Å². The zero-order valence-electron chi connectivity index (χ0n) is 15.1. The van der Waals surface area contributed by atoms with Gasteiger partial charge in [0, 0.05) is 16.2 Å². The summed E-state index contributed by atoms with van der Waals surface area (Å²) in [6, 6.07) is 0. The van der Waals surface area contributed by atoms with Crippen molar-refractivity contribution >= 4 is 17.2 Å². The predicted molar refractivity (Wildman–Crippen MR) is 90.9 cm³/mol. The lowest BCUT2D eigenvalue weighted by molar-refractivity contribution is -0.000137. The largest absolute Gasteiger partial charge is 0.332 e. The van der Waals surface area contributed by atoms with Gasteiger partial charge >= 0.3 is 17.2 Å². The summed E-state index contributed by atoms with van der Waals surface area (Å²) in [5.74, 6) is 0. The number of rotatable bonds is 6. The number of hydrogen-bond donors (Lipinski definition) is 0. The zero-order chi connectivity index (χ0) is 17.1. The summed E-state index contributed by atoms with van der Waals surface area (Å²) in [5, 5.41) is 0. The molecule has 0 aromatic carbocycles. The van der Waals surface area contributed by atoms with Crippen LogP contribution in [0.15, 0.2) is 0 Å². The van der Waals surface area contributed by atoms with Gasteiger partial charge in [0.1, 0.15) is 0 Å². The summed E-state index contributed by atoms with van der Waals surface area (Å²) in [4.78, 5) is 0. The predicted octanol–water partition coefficient (Wildman–Crippen LogP) is 4.65. The summed E-state index contributed by atoms with van der Waals surface area (Å²) < 4.78 is 34.1. The first-order valence-corrected chi connectivity index (χ1v) is 10.1. The van der Waals surface area contributed by atoms with Crippen molar-refractivity contribution in [3.8, 4) is 0 Å². The quantitative estimate of drug-likeness (QED) is 0.637. The molecule has 2 aliphatic heterocycles. The first kappa shape index (κ1) is 19.9. The fourth-order valence-electron chi connectivity index (χ4n) is 1.71. The van der Waals surface area contributed by atoms with Gasteiger partial charge in [-0.3, -0.25) is 0 Å². The molecular weight excluding hydrogens is 338 g/mol. The molecule has 23 heavy (non-hydrogen) atoms. The third-order valence-corrected chi connectivity index (χ3v) is 5.40. The van der Waals surface area contributed by atoms with Gasteiger partial charge in [0.15, 0.2) is 0 Å². The van der Waals surface area contributed by atoms with Crippen LogP contribution in [0.25, 0.3) is 0 Å². The van der Waals surface area contributed by atoms with Gasteiger partial charge in [-0.2, -0.15) is 0 Å². The molecule has 0 amide bonds. The van der Waals surface area contributed by atoms with Crippen LogP contribution in [-0.4, -0.2) is 39.6 Å². The molecule has 2 rings (SSSR count). The Morgan fingerprint density at radius 3 is 1.35 bits per heavy atom. The van der Waals surface area contributed by atoms with E-state index in [2.05, 4.69) is 41.5 Å². The maximum Gasteiger partial charge on any atom is 0.332 e. The molecule has 0 bridgehead atoms. The van der Waals surface area contributed by atoms with E-state index in [-0.39, 0.29) is 16.2 Å². The third kappa shape index (κ3) is 7.17. The smallest absolute Gasteiger partial charge is 0.312 e. The monoisotopic (exact) mass is 368 g/mol. The van der Waals surface area contributed by atoms with E-state index in [1.165, 1.54) is 0 Å². The molecule has 0 radical (unpaired) electrons. The van der Waals surface area contributed by atoms with Crippen molar-refractivity contribution in [2.45, 2.75) is 41.5 Å². The maximum atomic E-state index is 5.78. The molecule has 8 heteroatoms. The highest BCUT2D eigenvalue weighted by Crippen LogP contribution is 2.49. The maximum absolute atomic E-state index is 5.78. The normalized spacial score (nSPS) is 26.3. The number of hydrogen-bond acceptors (Lipinski definition) is 6. The molecule has 0 aromatic heterocycles. The summed E-state index contributed by atoms with van der Waals surface area (Å²) >= 11 is 0. The van der Waals surface area contributed by atoms with Crippen LogP contribution >= 0.6 is 17.2 Å². The van der Waals surface area contributed by atoms with Crippen LogP contribution in [0.2, 0.25) is 0 Å². The fourth-order valence-corrected chi connectivity index (χ4v) is 4.89. The molecule has 2 fully saturated rings. The molecule has 6 nitrogen and oxygen atoms in total. The van der Waals surface area contributed by atoms with Gasteiger partial charge in [-0.05, 0) is 0 Å². The molecule has 0 aromatic rings. The van der Waals surface area contributed by atoms with E-state index in [0.717, 1.165) is 0 Å². The van der Waals surface area contributed by atoms with E-state index in [9.17, 15) is 0 Å². The second kappa shape index (κ2) is 7.88. The Morgan fingerprint density at radius 1 is 0.739 bits per heavy atom. The Labute approximate surface area is 142 Å². The molecule has 2 aliphatic rings. The highest BCUT2D eigenvalue weighted by Gasteiger charge is 2.34. The molecular formula is C15H30O6P2. The van der Waals surface area contributed by atoms with Crippen LogP contribution in [0.3, 0.4) is 0 Å². The van der Waals surface area contributed by atoms with Gasteiger partial charge in [0.2, 0.25) is 0 Å². The highest BCUT2D eigenvalue weighted by molar-refractivity contribution is 7.42. The molecule has 0 unspecified atom stereocenters. The molecule has 0 saturated carbocycles. The minimum absolute atomic E-state index is 0.0624. The molecule has 0 atom stereocenters. The van der Waals surface area contributed by atoms with Crippen LogP contribution in [0.1, 0.15) is 41.5 Å². The van der Waals surface area contributed by atoms with E-state index in [1.807, 2.05) is 0 Å². The van der Waals surface area contributed by atoms with Gasteiger partial charge < -0.3 is 27.1 Å². The molecule has 0 spiro atoms. The van der Waals surface area contributed by atoms with Gasteiger partial charge in [-0.15, -0.1) is 0 Å². The van der Waals surface area contributed by atoms with E-state index in [4.69, 9.17) is 27.1 Å². The van der Waals surface area contributed by atoms with Gasteiger partial charge in [-0.1, -0.05) is 41.5 Å². The Kier molecular flexibility index (Phi) is 6.83. The minimum Gasteiger partial charge on any atom is -0.312 e. The average molecular weight is 368 g/mol. The summed E-state index contributed by atoms with van der Waals surface area (Å²) in [6.45, 7) is 16.3. The fraction of sp³-hybridized carbons (Fsp3) is 1.00. The zero-order valence-corrected chi connectivity index (χ0v) is 16.9. The van der Waals surface area contributed by atoms with Gasteiger partial charge in [0.05, 0.1) is 39.6 Å². The molecule has 2 heterocycles. The lowest BCUT2D eigenvalue weighted by atomic mass is 9.97. The topological polar surface area (TPSA) is 55.4 Å². The van der Waals surface area contributed by atoms with Gasteiger partial charge in [0.25, 0.3) is 0 Å². The van der Waals surface area contributed by atoms with Crippen molar-refractivity contribution < 1.29 is 27.1 Å².